The van der Waals surface area contributed by atoms with Crippen LogP contribution in [0.5, 0.6) is 0 Å². The van der Waals surface area contributed by atoms with Crippen molar-refractivity contribution in [3.05, 3.63) is 59.7 Å². The Morgan fingerprint density at radius 3 is 2.59 bits per heavy atom. The Kier molecular flexibility index (Phi) is 5.39. The Morgan fingerprint density at radius 1 is 1.07 bits per heavy atom. The number of anilines is 1. The first-order valence-electron chi connectivity index (χ1n) is 8.50. The van der Waals surface area contributed by atoms with Crippen LogP contribution in [-0.2, 0) is 14.6 Å². The van der Waals surface area contributed by atoms with Gasteiger partial charge in [0.05, 0.1) is 20.9 Å². The standard InChI is InChI=1S/C19H14FN3O3S3/c20-12-5-7-13(8-6-12)29(25,26)10-9-17(24)23-19-22-15(11-27-19)18-21-14-3-1-2-4-16(14)28-18/h1-8,11H,9-10H2,(H,22,23,24). The molecule has 4 aromatic rings. The molecule has 0 aliphatic heterocycles. The maximum Gasteiger partial charge on any atom is 0.227 e. The van der Waals surface area contributed by atoms with Crippen molar-refractivity contribution in [1.29, 1.82) is 0 Å². The van der Waals surface area contributed by atoms with Crippen molar-refractivity contribution in [2.45, 2.75) is 11.3 Å². The molecule has 0 saturated carbocycles. The van der Waals surface area contributed by atoms with Crippen LogP contribution in [-0.4, -0.2) is 30.0 Å². The van der Waals surface area contributed by atoms with Crippen LogP contribution in [0.4, 0.5) is 9.52 Å². The first-order chi connectivity index (χ1) is 13.9. The van der Waals surface area contributed by atoms with Gasteiger partial charge in [-0.15, -0.1) is 22.7 Å². The second kappa shape index (κ2) is 7.97. The van der Waals surface area contributed by atoms with Crippen molar-refractivity contribution >= 4 is 53.8 Å². The van der Waals surface area contributed by atoms with E-state index in [-0.39, 0.29) is 17.1 Å². The normalized spacial score (nSPS) is 11.6. The van der Waals surface area contributed by atoms with Gasteiger partial charge in [-0.2, -0.15) is 0 Å². The van der Waals surface area contributed by atoms with E-state index in [1.54, 1.807) is 5.38 Å². The van der Waals surface area contributed by atoms with Crippen LogP contribution in [0.1, 0.15) is 6.42 Å². The molecule has 0 bridgehead atoms. The second-order valence-electron chi connectivity index (χ2n) is 6.10. The zero-order valence-electron chi connectivity index (χ0n) is 14.8. The number of carbonyl (C=O) groups is 1. The maximum atomic E-state index is 12.9. The summed E-state index contributed by atoms with van der Waals surface area (Å²) in [6.07, 6.45) is -0.226. The van der Waals surface area contributed by atoms with Gasteiger partial charge in [0, 0.05) is 11.8 Å². The quantitative estimate of drug-likeness (QED) is 0.444. The Hall–Kier alpha value is -2.69. The van der Waals surface area contributed by atoms with Gasteiger partial charge >= 0.3 is 0 Å². The summed E-state index contributed by atoms with van der Waals surface area (Å²) in [5, 5.41) is 5.54. The minimum Gasteiger partial charge on any atom is -0.302 e. The molecule has 1 amide bonds. The van der Waals surface area contributed by atoms with Gasteiger partial charge in [0.2, 0.25) is 5.91 Å². The number of thiazole rings is 2. The van der Waals surface area contributed by atoms with Crippen molar-refractivity contribution in [3.63, 3.8) is 0 Å². The molecular formula is C19H14FN3O3S3. The van der Waals surface area contributed by atoms with Crippen LogP contribution in [0.25, 0.3) is 20.9 Å². The minimum absolute atomic E-state index is 0.0147. The molecule has 0 aliphatic carbocycles. The predicted octanol–water partition coefficient (Wildman–Crippen LogP) is 4.36. The van der Waals surface area contributed by atoms with Gasteiger partial charge in [0.15, 0.2) is 15.0 Å². The van der Waals surface area contributed by atoms with E-state index in [2.05, 4.69) is 15.3 Å². The molecule has 0 fully saturated rings. The van der Waals surface area contributed by atoms with Gasteiger partial charge in [-0.3, -0.25) is 4.79 Å². The summed E-state index contributed by atoms with van der Waals surface area (Å²) in [6.45, 7) is 0. The minimum atomic E-state index is -3.67. The number of fused-ring (bicyclic) bond motifs is 1. The van der Waals surface area contributed by atoms with Crippen LogP contribution in [0.3, 0.4) is 0 Å². The number of nitrogens with one attached hydrogen (secondary N) is 1. The van der Waals surface area contributed by atoms with Gasteiger partial charge in [-0.05, 0) is 36.4 Å². The number of halogens is 1. The van der Waals surface area contributed by atoms with E-state index < -0.39 is 21.6 Å². The number of carbonyl (C=O) groups excluding carboxylic acids is 1. The molecule has 0 radical (unpaired) electrons. The van der Waals surface area contributed by atoms with Crippen molar-refractivity contribution in [1.82, 2.24) is 9.97 Å². The first kappa shape index (κ1) is 19.6. The smallest absolute Gasteiger partial charge is 0.227 e. The van der Waals surface area contributed by atoms with Gasteiger partial charge < -0.3 is 5.32 Å². The third-order valence-electron chi connectivity index (χ3n) is 4.03. The van der Waals surface area contributed by atoms with Gasteiger partial charge in [0.25, 0.3) is 0 Å². The fraction of sp³-hybridized carbons (Fsp3) is 0.105. The van der Waals surface area contributed by atoms with Crippen molar-refractivity contribution < 1.29 is 17.6 Å². The van der Waals surface area contributed by atoms with Crippen LogP contribution in [0, 0.1) is 5.82 Å². The molecule has 4 rings (SSSR count). The van der Waals surface area contributed by atoms with E-state index in [1.165, 1.54) is 34.8 Å². The van der Waals surface area contributed by atoms with E-state index in [4.69, 9.17) is 0 Å². The lowest BCUT2D eigenvalue weighted by atomic mass is 10.3. The highest BCUT2D eigenvalue weighted by molar-refractivity contribution is 7.91. The zero-order valence-corrected chi connectivity index (χ0v) is 17.3. The van der Waals surface area contributed by atoms with Crippen LogP contribution in [0.15, 0.2) is 58.8 Å². The average Bonchev–Trinajstić information content (AvgIpc) is 3.33. The summed E-state index contributed by atoms with van der Waals surface area (Å²) in [4.78, 5) is 21.0. The summed E-state index contributed by atoms with van der Waals surface area (Å²) < 4.78 is 38.5. The summed E-state index contributed by atoms with van der Waals surface area (Å²) in [6, 6.07) is 12.3. The van der Waals surface area contributed by atoms with Crippen LogP contribution in [0.2, 0.25) is 0 Å². The number of nitrogens with zero attached hydrogens (tertiary/aromatic N) is 2. The lowest BCUT2D eigenvalue weighted by molar-refractivity contribution is -0.115. The van der Waals surface area contributed by atoms with Crippen LogP contribution >= 0.6 is 22.7 Å². The van der Waals surface area contributed by atoms with Gasteiger partial charge in [0.1, 0.15) is 16.5 Å². The highest BCUT2D eigenvalue weighted by atomic mass is 32.2. The molecule has 10 heteroatoms. The predicted molar refractivity (Wildman–Crippen MR) is 112 cm³/mol. The van der Waals surface area contributed by atoms with E-state index in [0.717, 1.165) is 27.4 Å². The van der Waals surface area contributed by atoms with Crippen molar-refractivity contribution in [2.75, 3.05) is 11.1 Å². The number of amides is 1. The molecule has 148 valence electrons. The molecule has 0 aliphatic rings. The highest BCUT2D eigenvalue weighted by Crippen LogP contribution is 2.31. The zero-order chi connectivity index (χ0) is 20.4. The van der Waals surface area contributed by atoms with E-state index in [9.17, 15) is 17.6 Å². The van der Waals surface area contributed by atoms with Crippen molar-refractivity contribution in [3.8, 4) is 10.7 Å². The number of rotatable bonds is 6. The average molecular weight is 448 g/mol. The summed E-state index contributed by atoms with van der Waals surface area (Å²) in [5.41, 5.74) is 1.54. The molecule has 6 nitrogen and oxygen atoms in total. The fourth-order valence-electron chi connectivity index (χ4n) is 2.58. The lowest BCUT2D eigenvalue weighted by Crippen LogP contribution is -2.17. The molecule has 0 saturated heterocycles. The Bertz CT molecular complexity index is 1250. The molecule has 2 aromatic carbocycles. The van der Waals surface area contributed by atoms with Gasteiger partial charge in [-0.1, -0.05) is 12.1 Å². The molecular weight excluding hydrogens is 433 g/mol. The number of benzene rings is 2. The molecule has 0 spiro atoms. The molecule has 2 aromatic heterocycles. The summed E-state index contributed by atoms with van der Waals surface area (Å²) in [5.74, 6) is -1.35. The second-order valence-corrected chi connectivity index (χ2v) is 10.1. The number of sulfone groups is 1. The van der Waals surface area contributed by atoms with Crippen LogP contribution < -0.4 is 5.32 Å². The van der Waals surface area contributed by atoms with Crippen molar-refractivity contribution in [2.24, 2.45) is 0 Å². The Balaban J connectivity index is 1.39. The molecule has 0 unspecified atom stereocenters. The third-order valence-corrected chi connectivity index (χ3v) is 7.58. The maximum absolute atomic E-state index is 12.9. The Morgan fingerprint density at radius 2 is 1.83 bits per heavy atom. The topological polar surface area (TPSA) is 89.0 Å². The first-order valence-corrected chi connectivity index (χ1v) is 11.9. The molecule has 0 atom stereocenters. The van der Waals surface area contributed by atoms with Gasteiger partial charge in [-0.25, -0.2) is 22.8 Å². The number of hydrogen-bond acceptors (Lipinski definition) is 7. The fourth-order valence-corrected chi connectivity index (χ4v) is 5.53. The number of aromatic nitrogens is 2. The summed E-state index contributed by atoms with van der Waals surface area (Å²) in [7, 11) is -3.67. The monoisotopic (exact) mass is 447 g/mol. The SMILES string of the molecule is O=C(CCS(=O)(=O)c1ccc(F)cc1)Nc1nc(-c2nc3ccccc3s2)cs1. The number of hydrogen-bond donors (Lipinski definition) is 1. The Labute approximate surface area is 174 Å². The lowest BCUT2D eigenvalue weighted by Gasteiger charge is -2.04. The van der Waals surface area contributed by atoms with E-state index in [0.29, 0.717) is 10.8 Å². The largest absolute Gasteiger partial charge is 0.302 e. The molecule has 1 N–H and O–H groups in total. The highest BCUT2D eigenvalue weighted by Gasteiger charge is 2.18. The molecule has 29 heavy (non-hydrogen) atoms. The third kappa shape index (κ3) is 4.50. The summed E-state index contributed by atoms with van der Waals surface area (Å²) >= 11 is 2.76. The van der Waals surface area contributed by atoms with E-state index in [1.807, 2.05) is 24.3 Å². The number of para-hydroxylation sites is 1. The molecule has 2 heterocycles. The van der Waals surface area contributed by atoms with E-state index >= 15 is 0 Å².